The lowest BCUT2D eigenvalue weighted by Crippen LogP contribution is -2.18. The summed E-state index contributed by atoms with van der Waals surface area (Å²) in [6, 6.07) is 8.52. The molecule has 0 amide bonds. The van der Waals surface area contributed by atoms with Crippen molar-refractivity contribution in [2.45, 2.75) is 38.0 Å². The van der Waals surface area contributed by atoms with Crippen LogP contribution in [0.2, 0.25) is 0 Å². The third-order valence-electron chi connectivity index (χ3n) is 5.99. The Morgan fingerprint density at radius 1 is 1.18 bits per heavy atom. The summed E-state index contributed by atoms with van der Waals surface area (Å²) in [4.78, 5) is 9.67. The number of nitrogens with two attached hydrogens (primary N) is 1. The maximum atomic E-state index is 11.5. The lowest BCUT2D eigenvalue weighted by molar-refractivity contribution is 0.456. The minimum atomic E-state index is -3.71. The molecule has 1 atom stereocenters. The first-order valence-corrected chi connectivity index (χ1v) is 12.8. The van der Waals surface area contributed by atoms with E-state index in [0.29, 0.717) is 24.1 Å². The number of nitrogens with one attached hydrogen (secondary N) is 1. The summed E-state index contributed by atoms with van der Waals surface area (Å²) < 4.78 is 25.1. The van der Waals surface area contributed by atoms with E-state index >= 15 is 0 Å². The van der Waals surface area contributed by atoms with Crippen molar-refractivity contribution in [2.24, 2.45) is 24.0 Å². The van der Waals surface area contributed by atoms with Crippen molar-refractivity contribution in [1.82, 2.24) is 14.5 Å². The second kappa shape index (κ2) is 9.49. The Bertz CT molecular complexity index is 1300. The minimum absolute atomic E-state index is 0.0961. The van der Waals surface area contributed by atoms with Crippen LogP contribution >= 0.6 is 0 Å². The van der Waals surface area contributed by atoms with Gasteiger partial charge in [0.05, 0.1) is 10.4 Å². The molecule has 0 fully saturated rings. The predicted molar refractivity (Wildman–Crippen MR) is 132 cm³/mol. The summed E-state index contributed by atoms with van der Waals surface area (Å²) in [7, 11) is -1.72. The molecule has 0 spiro atoms. The van der Waals surface area contributed by atoms with Crippen molar-refractivity contribution in [1.29, 1.82) is 0 Å². The second-order valence-corrected chi connectivity index (χ2v) is 10.7. The van der Waals surface area contributed by atoms with Gasteiger partial charge in [-0.1, -0.05) is 44.2 Å². The van der Waals surface area contributed by atoms with Gasteiger partial charge in [-0.15, -0.1) is 0 Å². The van der Waals surface area contributed by atoms with Crippen molar-refractivity contribution in [2.75, 3.05) is 11.9 Å². The zero-order valence-electron chi connectivity index (χ0n) is 19.3. The van der Waals surface area contributed by atoms with Gasteiger partial charge in [-0.25, -0.2) is 23.5 Å². The van der Waals surface area contributed by atoms with Crippen LogP contribution in [0, 0.1) is 11.8 Å². The zero-order chi connectivity index (χ0) is 23.6. The molecule has 1 aromatic carbocycles. The number of aryl methyl sites for hydroxylation is 1. The Morgan fingerprint density at radius 3 is 2.64 bits per heavy atom. The quantitative estimate of drug-likeness (QED) is 0.520. The number of sulfonamides is 1. The molecule has 1 aliphatic carbocycles. The van der Waals surface area contributed by atoms with Gasteiger partial charge in [0.15, 0.2) is 5.82 Å². The molecular weight excluding hydrogens is 434 g/mol. The standard InChI is InChI=1S/C25H31N5O2S/c1-17(2)14-19-6-4-5-7-20(19)16-27-25-24-22(12-13-30(24)3)28-23(29-25)15-18-8-10-21(11-9-18)33(26,31)32/h4-5,7-13,17,19H,6,14-16H2,1-3H3,(H2,26,31,32)(H,27,28,29). The van der Waals surface area contributed by atoms with Crippen LogP contribution in [0.3, 0.4) is 0 Å². The number of hydrogen-bond acceptors (Lipinski definition) is 5. The zero-order valence-corrected chi connectivity index (χ0v) is 20.1. The van der Waals surface area contributed by atoms with Gasteiger partial charge < -0.3 is 9.88 Å². The van der Waals surface area contributed by atoms with Gasteiger partial charge in [0.2, 0.25) is 10.0 Å². The van der Waals surface area contributed by atoms with Crippen molar-refractivity contribution in [3.05, 3.63) is 71.7 Å². The van der Waals surface area contributed by atoms with Gasteiger partial charge in [0.1, 0.15) is 11.3 Å². The fourth-order valence-corrected chi connectivity index (χ4v) is 4.87. The van der Waals surface area contributed by atoms with Crippen molar-refractivity contribution >= 4 is 26.9 Å². The van der Waals surface area contributed by atoms with E-state index in [1.807, 2.05) is 23.9 Å². The molecule has 3 aromatic rings. The average Bonchev–Trinajstić information content (AvgIpc) is 3.13. The molecule has 2 heterocycles. The van der Waals surface area contributed by atoms with Crippen LogP contribution in [0.4, 0.5) is 5.82 Å². The highest BCUT2D eigenvalue weighted by atomic mass is 32.2. The van der Waals surface area contributed by atoms with E-state index in [-0.39, 0.29) is 4.90 Å². The molecule has 1 unspecified atom stereocenters. The average molecular weight is 466 g/mol. The number of nitrogens with zero attached hydrogens (tertiary/aromatic N) is 3. The minimum Gasteiger partial charge on any atom is -0.364 e. The monoisotopic (exact) mass is 465 g/mol. The largest absolute Gasteiger partial charge is 0.364 e. The molecule has 2 aromatic heterocycles. The molecule has 0 bridgehead atoms. The maximum absolute atomic E-state index is 11.5. The summed E-state index contributed by atoms with van der Waals surface area (Å²) >= 11 is 0. The number of benzene rings is 1. The van der Waals surface area contributed by atoms with Gasteiger partial charge in [-0.05, 0) is 54.0 Å². The Labute approximate surface area is 195 Å². The first kappa shape index (κ1) is 23.2. The van der Waals surface area contributed by atoms with Gasteiger partial charge in [-0.2, -0.15) is 0 Å². The Kier molecular flexibility index (Phi) is 6.67. The molecule has 0 saturated heterocycles. The Morgan fingerprint density at radius 2 is 1.94 bits per heavy atom. The van der Waals surface area contributed by atoms with Crippen molar-refractivity contribution < 1.29 is 8.42 Å². The van der Waals surface area contributed by atoms with Gasteiger partial charge in [0, 0.05) is 26.2 Å². The van der Waals surface area contributed by atoms with Crippen molar-refractivity contribution in [3.8, 4) is 0 Å². The fourth-order valence-electron chi connectivity index (χ4n) is 4.35. The molecule has 1 aliphatic rings. The summed E-state index contributed by atoms with van der Waals surface area (Å²) in [5, 5.41) is 8.78. The summed E-state index contributed by atoms with van der Waals surface area (Å²) in [6.45, 7) is 5.27. The van der Waals surface area contributed by atoms with E-state index in [4.69, 9.17) is 15.1 Å². The predicted octanol–water partition coefficient (Wildman–Crippen LogP) is 4.17. The Balaban J connectivity index is 1.58. The lowest BCUT2D eigenvalue weighted by Gasteiger charge is -2.24. The molecule has 174 valence electrons. The molecule has 0 radical (unpaired) electrons. The number of anilines is 1. The molecule has 33 heavy (non-hydrogen) atoms. The third-order valence-corrected chi connectivity index (χ3v) is 6.92. The normalized spacial score (nSPS) is 16.4. The highest BCUT2D eigenvalue weighted by molar-refractivity contribution is 7.89. The molecule has 8 heteroatoms. The van der Waals surface area contributed by atoms with E-state index in [9.17, 15) is 8.42 Å². The maximum Gasteiger partial charge on any atom is 0.238 e. The fraction of sp³-hybridized carbons (Fsp3) is 0.360. The second-order valence-electron chi connectivity index (χ2n) is 9.10. The van der Waals surface area contributed by atoms with Crippen molar-refractivity contribution in [3.63, 3.8) is 0 Å². The SMILES string of the molecule is CC(C)CC1CC=CC=C1CNc1nc(Cc2ccc(S(N)(=O)=O)cc2)nc2ccn(C)c12. The molecule has 7 nitrogen and oxygen atoms in total. The van der Waals surface area contributed by atoms with Crippen LogP contribution in [0.5, 0.6) is 0 Å². The van der Waals surface area contributed by atoms with E-state index < -0.39 is 10.0 Å². The summed E-state index contributed by atoms with van der Waals surface area (Å²) in [5.41, 5.74) is 4.16. The first-order valence-electron chi connectivity index (χ1n) is 11.2. The van der Waals surface area contributed by atoms with Gasteiger partial charge in [-0.3, -0.25) is 0 Å². The number of allylic oxidation sites excluding steroid dienone is 3. The Hall–Kier alpha value is -2.97. The van der Waals surface area contributed by atoms with Crippen LogP contribution < -0.4 is 10.5 Å². The number of primary sulfonamides is 1. The van der Waals surface area contributed by atoms with Crippen LogP contribution in [0.25, 0.3) is 11.0 Å². The van der Waals surface area contributed by atoms with E-state index in [2.05, 4.69) is 37.4 Å². The number of aromatic nitrogens is 3. The van der Waals surface area contributed by atoms with Crippen LogP contribution in [-0.4, -0.2) is 29.5 Å². The molecular formula is C25H31N5O2S. The van der Waals surface area contributed by atoms with E-state index in [1.165, 1.54) is 24.1 Å². The molecule has 3 N–H and O–H groups in total. The first-order chi connectivity index (χ1) is 15.7. The number of fused-ring (bicyclic) bond motifs is 1. The third kappa shape index (κ3) is 5.51. The smallest absolute Gasteiger partial charge is 0.238 e. The number of hydrogen-bond donors (Lipinski definition) is 2. The van der Waals surface area contributed by atoms with Crippen LogP contribution in [-0.2, 0) is 23.5 Å². The highest BCUT2D eigenvalue weighted by Crippen LogP contribution is 2.28. The van der Waals surface area contributed by atoms with Gasteiger partial charge >= 0.3 is 0 Å². The lowest BCUT2D eigenvalue weighted by atomic mass is 9.85. The molecule has 0 aliphatic heterocycles. The van der Waals surface area contributed by atoms with Crippen LogP contribution in [0.1, 0.15) is 38.1 Å². The number of rotatable bonds is 8. The van der Waals surface area contributed by atoms with E-state index in [0.717, 1.165) is 35.4 Å². The summed E-state index contributed by atoms with van der Waals surface area (Å²) in [6.07, 6.45) is 11.3. The highest BCUT2D eigenvalue weighted by Gasteiger charge is 2.18. The molecule has 4 rings (SSSR count). The van der Waals surface area contributed by atoms with Gasteiger partial charge in [0.25, 0.3) is 0 Å². The molecule has 0 saturated carbocycles. The summed E-state index contributed by atoms with van der Waals surface area (Å²) in [5.74, 6) is 2.68. The topological polar surface area (TPSA) is 103 Å². The van der Waals surface area contributed by atoms with E-state index in [1.54, 1.807) is 12.1 Å². The van der Waals surface area contributed by atoms with Crippen LogP contribution in [0.15, 0.2) is 65.2 Å².